The van der Waals surface area contributed by atoms with Crippen LogP contribution >= 0.6 is 0 Å². The average Bonchev–Trinajstić information content (AvgIpc) is 3.30. The highest BCUT2D eigenvalue weighted by Crippen LogP contribution is 2.29. The number of hydrogen-bond donors (Lipinski definition) is 1. The van der Waals surface area contributed by atoms with E-state index in [9.17, 15) is 9.18 Å². The van der Waals surface area contributed by atoms with E-state index in [1.807, 2.05) is 4.90 Å². The topological polar surface area (TPSA) is 45.2 Å². The number of hydrogen-bond acceptors (Lipinski definition) is 3. The van der Waals surface area contributed by atoms with Crippen molar-refractivity contribution in [2.24, 2.45) is 0 Å². The summed E-state index contributed by atoms with van der Waals surface area (Å²) in [5.41, 5.74) is 0.354. The molecular formula is C15H20FN3O. The van der Waals surface area contributed by atoms with Crippen LogP contribution in [-0.4, -0.2) is 41.0 Å². The van der Waals surface area contributed by atoms with E-state index in [0.717, 1.165) is 38.5 Å². The van der Waals surface area contributed by atoms with Crippen LogP contribution in [-0.2, 0) is 0 Å². The molecule has 1 aliphatic heterocycles. The van der Waals surface area contributed by atoms with Crippen LogP contribution in [0.3, 0.4) is 0 Å². The Morgan fingerprint density at radius 3 is 2.85 bits per heavy atom. The molecule has 2 aliphatic rings. The molecule has 3 rings (SSSR count). The monoisotopic (exact) mass is 277 g/mol. The van der Waals surface area contributed by atoms with Gasteiger partial charge in [-0.2, -0.15) is 0 Å². The van der Waals surface area contributed by atoms with Gasteiger partial charge in [0, 0.05) is 24.8 Å². The van der Waals surface area contributed by atoms with Crippen molar-refractivity contribution < 1.29 is 9.18 Å². The third kappa shape index (κ3) is 3.15. The molecule has 1 amide bonds. The van der Waals surface area contributed by atoms with Gasteiger partial charge in [0.1, 0.15) is 5.82 Å². The Kier molecular flexibility index (Phi) is 3.96. The van der Waals surface area contributed by atoms with E-state index in [1.54, 1.807) is 0 Å². The van der Waals surface area contributed by atoms with Crippen LogP contribution in [0.2, 0.25) is 0 Å². The lowest BCUT2D eigenvalue weighted by Crippen LogP contribution is -2.46. The third-order valence-corrected chi connectivity index (χ3v) is 4.03. The van der Waals surface area contributed by atoms with E-state index in [2.05, 4.69) is 10.3 Å². The van der Waals surface area contributed by atoms with Gasteiger partial charge in [0.2, 0.25) is 0 Å². The van der Waals surface area contributed by atoms with Gasteiger partial charge in [-0.25, -0.2) is 4.39 Å². The predicted octanol–water partition coefficient (Wildman–Crippen LogP) is 1.97. The molecule has 2 heterocycles. The molecule has 2 fully saturated rings. The molecule has 1 aromatic heterocycles. The van der Waals surface area contributed by atoms with Crippen molar-refractivity contribution in [1.29, 1.82) is 0 Å². The van der Waals surface area contributed by atoms with Crippen LogP contribution < -0.4 is 5.32 Å². The summed E-state index contributed by atoms with van der Waals surface area (Å²) in [7, 11) is 0. The Balaban J connectivity index is 1.71. The standard InChI is InChI=1S/C15H20FN3O/c16-12-7-11(8-17-9-12)15(20)19(14-4-5-14)10-13-3-1-2-6-18-13/h7-9,13-14,18H,1-6,10H2. The second-order valence-corrected chi connectivity index (χ2v) is 5.73. The van der Waals surface area contributed by atoms with Crippen molar-refractivity contribution in [3.8, 4) is 0 Å². The lowest BCUT2D eigenvalue weighted by atomic mass is 10.0. The molecule has 1 aliphatic carbocycles. The van der Waals surface area contributed by atoms with Crippen molar-refractivity contribution in [3.05, 3.63) is 29.8 Å². The van der Waals surface area contributed by atoms with Gasteiger partial charge in [0.25, 0.3) is 5.91 Å². The number of piperidine rings is 1. The van der Waals surface area contributed by atoms with Crippen LogP contribution in [0.5, 0.6) is 0 Å². The van der Waals surface area contributed by atoms with Gasteiger partial charge >= 0.3 is 0 Å². The third-order valence-electron chi connectivity index (χ3n) is 4.03. The fourth-order valence-electron chi connectivity index (χ4n) is 2.80. The zero-order chi connectivity index (χ0) is 13.9. The highest BCUT2D eigenvalue weighted by molar-refractivity contribution is 5.94. The Bertz CT molecular complexity index is 484. The van der Waals surface area contributed by atoms with E-state index in [4.69, 9.17) is 0 Å². The van der Waals surface area contributed by atoms with E-state index in [-0.39, 0.29) is 5.91 Å². The number of carbonyl (C=O) groups is 1. The molecule has 1 saturated heterocycles. The zero-order valence-electron chi connectivity index (χ0n) is 11.5. The molecule has 1 unspecified atom stereocenters. The van der Waals surface area contributed by atoms with Crippen molar-refractivity contribution in [2.45, 2.75) is 44.2 Å². The van der Waals surface area contributed by atoms with E-state index < -0.39 is 5.82 Å². The van der Waals surface area contributed by atoms with Crippen LogP contribution in [0.25, 0.3) is 0 Å². The first-order chi connectivity index (χ1) is 9.74. The van der Waals surface area contributed by atoms with Gasteiger partial charge in [-0.3, -0.25) is 9.78 Å². The maximum absolute atomic E-state index is 13.2. The van der Waals surface area contributed by atoms with E-state index >= 15 is 0 Å². The summed E-state index contributed by atoms with van der Waals surface area (Å²) >= 11 is 0. The molecular weight excluding hydrogens is 257 g/mol. The number of carbonyl (C=O) groups excluding carboxylic acids is 1. The summed E-state index contributed by atoms with van der Waals surface area (Å²) < 4.78 is 13.2. The van der Waals surface area contributed by atoms with Crippen LogP contribution in [0.4, 0.5) is 4.39 Å². The second kappa shape index (κ2) is 5.87. The largest absolute Gasteiger partial charge is 0.334 e. The van der Waals surface area contributed by atoms with Crippen molar-refractivity contribution in [3.63, 3.8) is 0 Å². The average molecular weight is 277 g/mol. The highest BCUT2D eigenvalue weighted by atomic mass is 19.1. The van der Waals surface area contributed by atoms with Gasteiger partial charge in [-0.15, -0.1) is 0 Å². The van der Waals surface area contributed by atoms with Crippen LogP contribution in [0, 0.1) is 5.82 Å². The quantitative estimate of drug-likeness (QED) is 0.915. The number of rotatable bonds is 4. The predicted molar refractivity (Wildman–Crippen MR) is 73.9 cm³/mol. The highest BCUT2D eigenvalue weighted by Gasteiger charge is 2.34. The summed E-state index contributed by atoms with van der Waals surface area (Å²) in [4.78, 5) is 18.2. The molecule has 4 nitrogen and oxygen atoms in total. The van der Waals surface area contributed by atoms with Gasteiger partial charge in [0.15, 0.2) is 0 Å². The van der Waals surface area contributed by atoms with Gasteiger partial charge in [0.05, 0.1) is 11.8 Å². The minimum atomic E-state index is -0.456. The van der Waals surface area contributed by atoms with Gasteiger partial charge in [-0.1, -0.05) is 6.42 Å². The van der Waals surface area contributed by atoms with Crippen molar-refractivity contribution in [1.82, 2.24) is 15.2 Å². The molecule has 1 atom stereocenters. The molecule has 1 aromatic rings. The van der Waals surface area contributed by atoms with Crippen LogP contribution in [0.1, 0.15) is 42.5 Å². The first-order valence-corrected chi connectivity index (χ1v) is 7.39. The molecule has 0 spiro atoms. The first-order valence-electron chi connectivity index (χ1n) is 7.39. The van der Waals surface area contributed by atoms with Crippen molar-refractivity contribution >= 4 is 5.91 Å². The summed E-state index contributed by atoms with van der Waals surface area (Å²) in [6.07, 6.45) is 8.23. The summed E-state index contributed by atoms with van der Waals surface area (Å²) in [5.74, 6) is -0.547. The molecule has 0 aromatic carbocycles. The first kappa shape index (κ1) is 13.5. The second-order valence-electron chi connectivity index (χ2n) is 5.73. The van der Waals surface area contributed by atoms with E-state index in [1.165, 1.54) is 25.1 Å². The summed E-state index contributed by atoms with van der Waals surface area (Å²) in [5, 5.41) is 3.47. The molecule has 0 radical (unpaired) electrons. The van der Waals surface area contributed by atoms with Gasteiger partial charge < -0.3 is 10.2 Å². The summed E-state index contributed by atoms with van der Waals surface area (Å²) in [6, 6.07) is 1.98. The number of nitrogens with zero attached hydrogens (tertiary/aromatic N) is 2. The number of amides is 1. The molecule has 20 heavy (non-hydrogen) atoms. The summed E-state index contributed by atoms with van der Waals surface area (Å²) in [6.45, 7) is 1.75. The Morgan fingerprint density at radius 2 is 2.20 bits per heavy atom. The maximum Gasteiger partial charge on any atom is 0.255 e. The molecule has 0 bridgehead atoms. The fraction of sp³-hybridized carbons (Fsp3) is 0.600. The SMILES string of the molecule is O=C(c1cncc(F)c1)N(CC1CCCCN1)C1CC1. The molecule has 1 N–H and O–H groups in total. The minimum absolute atomic E-state index is 0.0909. The van der Waals surface area contributed by atoms with Crippen LogP contribution in [0.15, 0.2) is 18.5 Å². The molecule has 5 heteroatoms. The Hall–Kier alpha value is -1.49. The molecule has 1 saturated carbocycles. The smallest absolute Gasteiger partial charge is 0.255 e. The maximum atomic E-state index is 13.2. The Labute approximate surface area is 118 Å². The number of nitrogens with one attached hydrogen (secondary N) is 1. The normalized spacial score (nSPS) is 22.6. The zero-order valence-corrected chi connectivity index (χ0v) is 11.5. The number of aromatic nitrogens is 1. The lowest BCUT2D eigenvalue weighted by Gasteiger charge is -2.30. The van der Waals surface area contributed by atoms with E-state index in [0.29, 0.717) is 17.6 Å². The van der Waals surface area contributed by atoms with Gasteiger partial charge in [-0.05, 0) is 38.3 Å². The van der Waals surface area contributed by atoms with Crippen molar-refractivity contribution in [2.75, 3.05) is 13.1 Å². The minimum Gasteiger partial charge on any atom is -0.334 e. The Morgan fingerprint density at radius 1 is 1.35 bits per heavy atom. The number of halogens is 1. The lowest BCUT2D eigenvalue weighted by molar-refractivity contribution is 0.0717. The fourth-order valence-corrected chi connectivity index (χ4v) is 2.80. The molecule has 108 valence electrons. The number of pyridine rings is 1.